The van der Waals surface area contributed by atoms with Crippen molar-refractivity contribution in [2.24, 2.45) is 5.92 Å². The summed E-state index contributed by atoms with van der Waals surface area (Å²) in [5, 5.41) is 2.58. The highest BCUT2D eigenvalue weighted by molar-refractivity contribution is 7.90. The van der Waals surface area contributed by atoms with Crippen LogP contribution in [0.3, 0.4) is 0 Å². The van der Waals surface area contributed by atoms with Crippen LogP contribution in [0, 0.1) is 5.92 Å². The number of fused-ring (bicyclic) bond motifs is 3. The number of benzene rings is 3. The molecule has 0 bridgehead atoms. The molecule has 3 nitrogen and oxygen atoms in total. The van der Waals surface area contributed by atoms with Crippen LogP contribution < -0.4 is 0 Å². The zero-order valence-electron chi connectivity index (χ0n) is 19.8. The topological polar surface area (TPSA) is 39.1 Å². The van der Waals surface area contributed by atoms with E-state index in [2.05, 4.69) is 67.0 Å². The van der Waals surface area contributed by atoms with E-state index in [4.69, 9.17) is 0 Å². The molecular formula is C29H33NO2S. The summed E-state index contributed by atoms with van der Waals surface area (Å²) < 4.78 is 25.9. The first-order valence-corrected chi connectivity index (χ1v) is 13.8. The molecule has 1 heterocycles. The average molecular weight is 460 g/mol. The van der Waals surface area contributed by atoms with Crippen LogP contribution in [0.15, 0.2) is 71.6 Å². The van der Waals surface area contributed by atoms with Crippen LogP contribution in [0.4, 0.5) is 0 Å². The van der Waals surface area contributed by atoms with Gasteiger partial charge in [0.1, 0.15) is 0 Å². The molecule has 1 unspecified atom stereocenters. The molecule has 172 valence electrons. The van der Waals surface area contributed by atoms with Gasteiger partial charge in [0.2, 0.25) is 0 Å². The number of hydrogen-bond donors (Lipinski definition) is 0. The van der Waals surface area contributed by atoms with E-state index in [1.165, 1.54) is 53.7 Å². The van der Waals surface area contributed by atoms with Crippen molar-refractivity contribution in [1.82, 2.24) is 4.57 Å². The number of rotatable bonds is 9. The normalized spacial score (nSPS) is 13.3. The van der Waals surface area contributed by atoms with E-state index in [9.17, 15) is 8.42 Å². The van der Waals surface area contributed by atoms with Gasteiger partial charge in [-0.1, -0.05) is 81.7 Å². The molecule has 4 heteroatoms. The number of aromatic nitrogens is 1. The van der Waals surface area contributed by atoms with Crippen molar-refractivity contribution in [1.29, 1.82) is 0 Å². The van der Waals surface area contributed by atoms with Crippen molar-refractivity contribution in [3.63, 3.8) is 0 Å². The molecule has 3 aromatic carbocycles. The summed E-state index contributed by atoms with van der Waals surface area (Å²) in [6, 6.07) is 22.4. The van der Waals surface area contributed by atoms with E-state index < -0.39 is 9.84 Å². The Morgan fingerprint density at radius 3 is 2.21 bits per heavy atom. The summed E-state index contributed by atoms with van der Waals surface area (Å²) in [5.41, 5.74) is 4.71. The molecule has 1 aromatic heterocycles. The van der Waals surface area contributed by atoms with Crippen molar-refractivity contribution in [3.05, 3.63) is 77.9 Å². The van der Waals surface area contributed by atoms with Gasteiger partial charge in [0.25, 0.3) is 0 Å². The predicted molar refractivity (Wildman–Crippen MR) is 141 cm³/mol. The molecule has 0 aliphatic carbocycles. The van der Waals surface area contributed by atoms with E-state index >= 15 is 0 Å². The lowest BCUT2D eigenvalue weighted by Gasteiger charge is -2.17. The van der Waals surface area contributed by atoms with Gasteiger partial charge in [0.05, 0.1) is 4.90 Å². The lowest BCUT2D eigenvalue weighted by molar-refractivity contribution is 0.401. The molecule has 0 radical (unpaired) electrons. The van der Waals surface area contributed by atoms with Gasteiger partial charge >= 0.3 is 0 Å². The molecular weight excluding hydrogens is 426 g/mol. The van der Waals surface area contributed by atoms with E-state index in [0.717, 1.165) is 17.7 Å². The fourth-order valence-electron chi connectivity index (χ4n) is 4.57. The number of unbranched alkanes of at least 4 members (excludes halogenated alkanes) is 1. The largest absolute Gasteiger partial charge is 0.340 e. The predicted octanol–water partition coefficient (Wildman–Crippen LogP) is 7.58. The second kappa shape index (κ2) is 9.96. The summed E-state index contributed by atoms with van der Waals surface area (Å²) in [5.74, 6) is 0.693. The zero-order chi connectivity index (χ0) is 23.4. The molecule has 0 spiro atoms. The van der Waals surface area contributed by atoms with E-state index in [1.807, 2.05) is 18.2 Å². The summed E-state index contributed by atoms with van der Waals surface area (Å²) in [6.45, 7) is 5.63. The Kier molecular flexibility index (Phi) is 7.04. The van der Waals surface area contributed by atoms with Crippen molar-refractivity contribution in [3.8, 4) is 0 Å². The average Bonchev–Trinajstić information content (AvgIpc) is 3.13. The molecule has 0 aliphatic heterocycles. The highest BCUT2D eigenvalue weighted by atomic mass is 32.2. The van der Waals surface area contributed by atoms with Crippen LogP contribution in [0.25, 0.3) is 34.0 Å². The quantitative estimate of drug-likeness (QED) is 0.242. The van der Waals surface area contributed by atoms with Crippen LogP contribution >= 0.6 is 0 Å². The molecule has 0 amide bonds. The van der Waals surface area contributed by atoms with Gasteiger partial charge in [-0.25, -0.2) is 8.42 Å². The number of sulfone groups is 1. The lowest BCUT2D eigenvalue weighted by atomic mass is 9.99. The monoisotopic (exact) mass is 459 g/mol. The van der Waals surface area contributed by atoms with Gasteiger partial charge in [-0.15, -0.1) is 0 Å². The maximum Gasteiger partial charge on any atom is 0.175 e. The Morgan fingerprint density at radius 2 is 1.52 bits per heavy atom. The summed E-state index contributed by atoms with van der Waals surface area (Å²) in [7, 11) is -3.17. The Hall–Kier alpha value is -2.85. The molecule has 0 N–H and O–H groups in total. The fraction of sp³-hybridized carbons (Fsp3) is 0.310. The molecule has 33 heavy (non-hydrogen) atoms. The van der Waals surface area contributed by atoms with E-state index in [0.29, 0.717) is 10.8 Å². The number of nitrogens with zero attached hydrogens (tertiary/aromatic N) is 1. The molecule has 0 aliphatic rings. The van der Waals surface area contributed by atoms with Gasteiger partial charge < -0.3 is 4.57 Å². The summed E-state index contributed by atoms with van der Waals surface area (Å²) in [4.78, 5) is 0.346. The maximum absolute atomic E-state index is 11.7. The fourth-order valence-corrected chi connectivity index (χ4v) is 5.20. The number of para-hydroxylation sites is 1. The minimum atomic E-state index is -3.17. The number of hydrogen-bond acceptors (Lipinski definition) is 2. The van der Waals surface area contributed by atoms with E-state index in [1.54, 1.807) is 12.1 Å². The van der Waals surface area contributed by atoms with Crippen molar-refractivity contribution >= 4 is 43.8 Å². The van der Waals surface area contributed by atoms with Crippen molar-refractivity contribution in [2.75, 3.05) is 6.26 Å². The highest BCUT2D eigenvalue weighted by Gasteiger charge is 2.14. The zero-order valence-corrected chi connectivity index (χ0v) is 20.6. The van der Waals surface area contributed by atoms with Gasteiger partial charge in [-0.3, -0.25) is 0 Å². The van der Waals surface area contributed by atoms with E-state index in [-0.39, 0.29) is 0 Å². The Bertz CT molecular complexity index is 1380. The summed E-state index contributed by atoms with van der Waals surface area (Å²) in [6.07, 6.45) is 10.4. The molecule has 0 saturated heterocycles. The first-order chi connectivity index (χ1) is 15.9. The molecule has 0 fully saturated rings. The SMILES string of the molecule is CCCCC(CC)Cn1c2ccccc2c2cc(/C=C/c3ccc(S(C)(=O)=O)cc3)ccc21. The third-order valence-corrected chi connectivity index (χ3v) is 7.69. The van der Waals surface area contributed by atoms with Gasteiger partial charge in [-0.2, -0.15) is 0 Å². The Balaban J connectivity index is 1.67. The standard InChI is InChI=1S/C29H33NO2S/c1-4-6-9-22(5-2)21-30-28-11-8-7-10-26(28)27-20-24(16-19-29(27)30)13-12-23-14-17-25(18-15-23)33(3,31)32/h7-8,10-20,22H,4-6,9,21H2,1-3H3/b13-12+. The van der Waals surface area contributed by atoms with Crippen LogP contribution in [0.5, 0.6) is 0 Å². The molecule has 4 rings (SSSR count). The minimum Gasteiger partial charge on any atom is -0.340 e. The van der Waals surface area contributed by atoms with Crippen LogP contribution in [-0.4, -0.2) is 19.2 Å². The third kappa shape index (κ3) is 5.22. The smallest absolute Gasteiger partial charge is 0.175 e. The highest BCUT2D eigenvalue weighted by Crippen LogP contribution is 2.32. The van der Waals surface area contributed by atoms with Crippen LogP contribution in [0.1, 0.15) is 50.7 Å². The first kappa shape index (κ1) is 23.3. The van der Waals surface area contributed by atoms with Crippen molar-refractivity contribution in [2.45, 2.75) is 51.0 Å². The Labute approximate surface area is 197 Å². The minimum absolute atomic E-state index is 0.346. The third-order valence-electron chi connectivity index (χ3n) is 6.56. The van der Waals surface area contributed by atoms with Crippen LogP contribution in [0.2, 0.25) is 0 Å². The van der Waals surface area contributed by atoms with Crippen molar-refractivity contribution < 1.29 is 8.42 Å². The van der Waals surface area contributed by atoms with Crippen LogP contribution in [-0.2, 0) is 16.4 Å². The lowest BCUT2D eigenvalue weighted by Crippen LogP contribution is -2.10. The molecule has 1 atom stereocenters. The first-order valence-electron chi connectivity index (χ1n) is 11.9. The maximum atomic E-state index is 11.7. The van der Waals surface area contributed by atoms with Gasteiger partial charge in [0, 0.05) is 34.6 Å². The second-order valence-electron chi connectivity index (χ2n) is 9.00. The summed E-state index contributed by atoms with van der Waals surface area (Å²) >= 11 is 0. The van der Waals surface area contributed by atoms with Gasteiger partial charge in [0.15, 0.2) is 9.84 Å². The van der Waals surface area contributed by atoms with Gasteiger partial charge in [-0.05, 0) is 53.8 Å². The Morgan fingerprint density at radius 1 is 0.848 bits per heavy atom. The molecule has 4 aromatic rings. The second-order valence-corrected chi connectivity index (χ2v) is 11.0. The molecule has 0 saturated carbocycles.